The van der Waals surface area contributed by atoms with E-state index in [-0.39, 0.29) is 11.4 Å². The highest BCUT2D eigenvalue weighted by Gasteiger charge is 2.05. The zero-order valence-corrected chi connectivity index (χ0v) is 10.7. The van der Waals surface area contributed by atoms with Gasteiger partial charge in [-0.3, -0.25) is 25.7 Å². The molecule has 0 aliphatic heterocycles. The Morgan fingerprint density at radius 2 is 1.62 bits per heavy atom. The van der Waals surface area contributed by atoms with Crippen LogP contribution >= 0.6 is 0 Å². The smallest absolute Gasteiger partial charge is 0.271 e. The van der Waals surface area contributed by atoms with Crippen molar-refractivity contribution in [1.29, 1.82) is 0 Å². The predicted molar refractivity (Wildman–Crippen MR) is 77.4 cm³/mol. The number of nitro benzene ring substituents is 2. The summed E-state index contributed by atoms with van der Waals surface area (Å²) in [4.78, 5) is 20.1. The van der Waals surface area contributed by atoms with Gasteiger partial charge in [0.15, 0.2) is 0 Å². The van der Waals surface area contributed by atoms with E-state index < -0.39 is 9.85 Å². The molecule has 0 spiro atoms. The van der Waals surface area contributed by atoms with E-state index in [9.17, 15) is 20.2 Å². The molecule has 0 bridgehead atoms. The monoisotopic (exact) mass is 286 g/mol. The first kappa shape index (κ1) is 14.1. The molecule has 2 aromatic carbocycles. The van der Waals surface area contributed by atoms with Crippen molar-refractivity contribution in [3.8, 4) is 0 Å². The minimum atomic E-state index is -0.495. The third-order valence-corrected chi connectivity index (χ3v) is 2.57. The lowest BCUT2D eigenvalue weighted by atomic mass is 10.2. The fourth-order valence-corrected chi connectivity index (χ4v) is 1.55. The van der Waals surface area contributed by atoms with Gasteiger partial charge in [-0.25, -0.2) is 0 Å². The number of hydrazone groups is 1. The number of hydrogen-bond acceptors (Lipinski definition) is 6. The zero-order valence-electron chi connectivity index (χ0n) is 10.7. The van der Waals surface area contributed by atoms with E-state index in [2.05, 4.69) is 10.5 Å². The number of nitrogens with zero attached hydrogens (tertiary/aromatic N) is 3. The first-order chi connectivity index (χ1) is 10.1. The van der Waals surface area contributed by atoms with Gasteiger partial charge in [0.2, 0.25) is 0 Å². The van der Waals surface area contributed by atoms with Crippen LogP contribution in [0.3, 0.4) is 0 Å². The van der Waals surface area contributed by atoms with E-state index >= 15 is 0 Å². The maximum Gasteiger partial charge on any atom is 0.271 e. The summed E-state index contributed by atoms with van der Waals surface area (Å²) in [5.74, 6) is 0. The second-order valence-electron chi connectivity index (χ2n) is 4.03. The van der Waals surface area contributed by atoms with Crippen LogP contribution in [0.5, 0.6) is 0 Å². The van der Waals surface area contributed by atoms with Crippen molar-refractivity contribution in [3.05, 3.63) is 74.3 Å². The molecular weight excluding hydrogens is 276 g/mol. The molecule has 0 heterocycles. The van der Waals surface area contributed by atoms with Crippen LogP contribution in [0.4, 0.5) is 17.1 Å². The molecule has 0 atom stereocenters. The summed E-state index contributed by atoms with van der Waals surface area (Å²) in [6.07, 6.45) is 1.46. The molecule has 106 valence electrons. The Hall–Kier alpha value is -3.29. The minimum Gasteiger partial charge on any atom is -0.278 e. The fraction of sp³-hybridized carbons (Fsp3) is 0. The van der Waals surface area contributed by atoms with Crippen LogP contribution in [0, 0.1) is 20.2 Å². The van der Waals surface area contributed by atoms with Crippen molar-refractivity contribution in [1.82, 2.24) is 0 Å². The summed E-state index contributed by atoms with van der Waals surface area (Å²) < 4.78 is 0. The van der Waals surface area contributed by atoms with Gasteiger partial charge in [-0.15, -0.1) is 0 Å². The zero-order chi connectivity index (χ0) is 15.2. The highest BCUT2D eigenvalue weighted by Crippen LogP contribution is 2.17. The largest absolute Gasteiger partial charge is 0.278 e. The van der Waals surface area contributed by atoms with Gasteiger partial charge in [-0.1, -0.05) is 6.07 Å². The Morgan fingerprint density at radius 1 is 0.952 bits per heavy atom. The van der Waals surface area contributed by atoms with E-state index in [4.69, 9.17) is 0 Å². The molecular formula is C13H10N4O4. The van der Waals surface area contributed by atoms with Crippen molar-refractivity contribution >= 4 is 23.3 Å². The Kier molecular flexibility index (Phi) is 4.20. The maximum atomic E-state index is 10.6. The number of hydrogen-bond donors (Lipinski definition) is 1. The van der Waals surface area contributed by atoms with Gasteiger partial charge < -0.3 is 0 Å². The average molecular weight is 286 g/mol. The normalized spacial score (nSPS) is 10.5. The quantitative estimate of drug-likeness (QED) is 0.516. The Morgan fingerprint density at radius 3 is 2.24 bits per heavy atom. The number of non-ortho nitro benzene ring substituents is 2. The summed E-state index contributed by atoms with van der Waals surface area (Å²) in [5.41, 5.74) is 3.76. The van der Waals surface area contributed by atoms with Crippen molar-refractivity contribution in [2.45, 2.75) is 0 Å². The van der Waals surface area contributed by atoms with Gasteiger partial charge in [-0.05, 0) is 23.8 Å². The number of nitrogens with one attached hydrogen (secondary N) is 1. The first-order valence-corrected chi connectivity index (χ1v) is 5.84. The molecule has 0 radical (unpaired) electrons. The molecule has 1 N–H and O–H groups in total. The van der Waals surface area contributed by atoms with Gasteiger partial charge in [-0.2, -0.15) is 5.10 Å². The lowest BCUT2D eigenvalue weighted by Gasteiger charge is -1.99. The van der Waals surface area contributed by atoms with Crippen molar-refractivity contribution < 1.29 is 9.85 Å². The lowest BCUT2D eigenvalue weighted by Crippen LogP contribution is -1.93. The highest BCUT2D eigenvalue weighted by molar-refractivity contribution is 5.80. The third-order valence-electron chi connectivity index (χ3n) is 2.57. The fourth-order valence-electron chi connectivity index (χ4n) is 1.55. The first-order valence-electron chi connectivity index (χ1n) is 5.84. The molecule has 0 saturated carbocycles. The molecule has 21 heavy (non-hydrogen) atoms. The van der Waals surface area contributed by atoms with Crippen molar-refractivity contribution in [3.63, 3.8) is 0 Å². The van der Waals surface area contributed by atoms with Crippen molar-refractivity contribution in [2.24, 2.45) is 5.10 Å². The van der Waals surface area contributed by atoms with Crippen LogP contribution in [0.15, 0.2) is 53.6 Å². The van der Waals surface area contributed by atoms with E-state index in [1.54, 1.807) is 24.3 Å². The molecule has 0 fully saturated rings. The molecule has 2 rings (SSSR count). The third kappa shape index (κ3) is 3.83. The Bertz CT molecular complexity index is 698. The molecule has 0 saturated heterocycles. The Labute approximate surface area is 119 Å². The van der Waals surface area contributed by atoms with E-state index in [0.29, 0.717) is 11.3 Å². The van der Waals surface area contributed by atoms with Crippen LogP contribution in [0.25, 0.3) is 0 Å². The molecule has 0 aliphatic rings. The Balaban J connectivity index is 2.03. The lowest BCUT2D eigenvalue weighted by molar-refractivity contribution is -0.385. The SMILES string of the molecule is O=[N+]([O-])c1ccc(/C=N/Nc2cccc([N+](=O)[O-])c2)cc1. The summed E-state index contributed by atoms with van der Waals surface area (Å²) in [6, 6.07) is 11.8. The second kappa shape index (κ2) is 6.24. The summed E-state index contributed by atoms with van der Waals surface area (Å²) in [6.45, 7) is 0. The van der Waals surface area contributed by atoms with E-state index in [1.165, 1.54) is 30.5 Å². The molecule has 0 amide bonds. The number of rotatable bonds is 5. The molecule has 0 aromatic heterocycles. The molecule has 0 aliphatic carbocycles. The summed E-state index contributed by atoms with van der Waals surface area (Å²) in [5, 5.41) is 25.0. The van der Waals surface area contributed by atoms with Gasteiger partial charge in [0, 0.05) is 24.3 Å². The number of nitro groups is 2. The number of anilines is 1. The van der Waals surface area contributed by atoms with Crippen molar-refractivity contribution in [2.75, 3.05) is 5.43 Å². The summed E-state index contributed by atoms with van der Waals surface area (Å²) >= 11 is 0. The molecule has 8 heteroatoms. The minimum absolute atomic E-state index is 0.00112. The predicted octanol–water partition coefficient (Wildman–Crippen LogP) is 2.95. The molecule has 0 unspecified atom stereocenters. The van der Waals surface area contributed by atoms with Crippen LogP contribution in [0.2, 0.25) is 0 Å². The maximum absolute atomic E-state index is 10.6. The van der Waals surface area contributed by atoms with Gasteiger partial charge in [0.25, 0.3) is 11.4 Å². The van der Waals surface area contributed by atoms with Gasteiger partial charge >= 0.3 is 0 Å². The summed E-state index contributed by atoms with van der Waals surface area (Å²) in [7, 11) is 0. The van der Waals surface area contributed by atoms with Gasteiger partial charge in [0.05, 0.1) is 21.7 Å². The second-order valence-corrected chi connectivity index (χ2v) is 4.03. The van der Waals surface area contributed by atoms with Crippen LogP contribution in [0.1, 0.15) is 5.56 Å². The highest BCUT2D eigenvalue weighted by atomic mass is 16.6. The standard InChI is InChI=1S/C13H10N4O4/c18-16(19)12-6-4-10(5-7-12)9-14-15-11-2-1-3-13(8-11)17(20)21/h1-9,15H/b14-9+. The van der Waals surface area contributed by atoms with Gasteiger partial charge in [0.1, 0.15) is 0 Å². The van der Waals surface area contributed by atoms with Crippen LogP contribution < -0.4 is 5.43 Å². The number of benzene rings is 2. The molecule has 2 aromatic rings. The molecule has 8 nitrogen and oxygen atoms in total. The average Bonchev–Trinajstić information content (AvgIpc) is 2.48. The van der Waals surface area contributed by atoms with Crippen LogP contribution in [-0.2, 0) is 0 Å². The topological polar surface area (TPSA) is 111 Å². The van der Waals surface area contributed by atoms with Crippen LogP contribution in [-0.4, -0.2) is 16.1 Å². The van der Waals surface area contributed by atoms with E-state index in [1.807, 2.05) is 0 Å². The van der Waals surface area contributed by atoms with E-state index in [0.717, 1.165) is 0 Å².